The summed E-state index contributed by atoms with van der Waals surface area (Å²) in [5.41, 5.74) is 1.23. The Balaban J connectivity index is 1.97. The van der Waals surface area contributed by atoms with Crippen LogP contribution in [0.2, 0.25) is 0 Å². The second-order valence-corrected chi connectivity index (χ2v) is 5.97. The number of benzene rings is 1. The van der Waals surface area contributed by atoms with Crippen LogP contribution in [0, 0.1) is 23.7 Å². The van der Waals surface area contributed by atoms with E-state index in [4.69, 9.17) is 4.74 Å². The number of hydrogen-bond donors (Lipinski definition) is 2. The van der Waals surface area contributed by atoms with Crippen molar-refractivity contribution < 1.29 is 14.9 Å². The summed E-state index contributed by atoms with van der Waals surface area (Å²) in [5, 5.41) is 19.2. The number of allylic oxidation sites excluding steroid dienone is 3. The minimum atomic E-state index is 0.116. The van der Waals surface area contributed by atoms with Crippen molar-refractivity contribution in [1.29, 1.82) is 0 Å². The van der Waals surface area contributed by atoms with Crippen molar-refractivity contribution in [2.75, 3.05) is 20.3 Å². The quantitative estimate of drug-likeness (QED) is 0.762. The van der Waals surface area contributed by atoms with Gasteiger partial charge in [0, 0.05) is 13.2 Å². The second-order valence-electron chi connectivity index (χ2n) is 5.97. The van der Waals surface area contributed by atoms with Crippen molar-refractivity contribution in [1.82, 2.24) is 0 Å². The summed E-state index contributed by atoms with van der Waals surface area (Å²) < 4.78 is 5.15. The van der Waals surface area contributed by atoms with Gasteiger partial charge < -0.3 is 14.9 Å². The van der Waals surface area contributed by atoms with E-state index < -0.39 is 0 Å². The zero-order valence-corrected chi connectivity index (χ0v) is 13.2. The fourth-order valence-corrected chi connectivity index (χ4v) is 3.47. The molecule has 2 rings (SSSR count). The smallest absolute Gasteiger partial charge is 0.118 e. The standard InChI is InChI=1S/C19H26O3/c1-3-15-11-16(19(13-21)18(15)12-20)6-4-5-14-7-9-17(22-2)10-8-14/h3-4,6-10,15-16,18-21H,1,5,11-13H2,2H3/t15-,16+,18+,19-/m1/s1. The summed E-state index contributed by atoms with van der Waals surface area (Å²) in [5.74, 6) is 1.71. The number of ether oxygens (including phenoxy) is 1. The highest BCUT2D eigenvalue weighted by molar-refractivity contribution is 5.28. The molecule has 1 aliphatic carbocycles. The monoisotopic (exact) mass is 302 g/mol. The first kappa shape index (κ1) is 16.8. The Labute approximate surface area is 132 Å². The molecule has 0 spiro atoms. The fourth-order valence-electron chi connectivity index (χ4n) is 3.47. The van der Waals surface area contributed by atoms with Crippen molar-refractivity contribution in [3.05, 3.63) is 54.6 Å². The Morgan fingerprint density at radius 1 is 1.14 bits per heavy atom. The van der Waals surface area contributed by atoms with Crippen molar-refractivity contribution in [2.45, 2.75) is 12.8 Å². The maximum absolute atomic E-state index is 9.63. The van der Waals surface area contributed by atoms with Gasteiger partial charge in [0.2, 0.25) is 0 Å². The molecule has 0 aromatic heterocycles. The second kappa shape index (κ2) is 8.16. The molecule has 0 unspecified atom stereocenters. The molecule has 22 heavy (non-hydrogen) atoms. The summed E-state index contributed by atoms with van der Waals surface area (Å²) in [6.45, 7) is 4.09. The van der Waals surface area contributed by atoms with Crippen LogP contribution in [0.4, 0.5) is 0 Å². The van der Waals surface area contributed by atoms with Gasteiger partial charge in [-0.2, -0.15) is 0 Å². The van der Waals surface area contributed by atoms with E-state index in [2.05, 4.69) is 30.9 Å². The number of aliphatic hydroxyl groups is 2. The number of rotatable bonds is 7. The average molecular weight is 302 g/mol. The highest BCUT2D eigenvalue weighted by Gasteiger charge is 2.39. The van der Waals surface area contributed by atoms with Gasteiger partial charge in [-0.3, -0.25) is 0 Å². The van der Waals surface area contributed by atoms with E-state index in [-0.39, 0.29) is 31.0 Å². The van der Waals surface area contributed by atoms with Crippen LogP contribution in [0.25, 0.3) is 0 Å². The zero-order chi connectivity index (χ0) is 15.9. The first-order valence-corrected chi connectivity index (χ1v) is 7.87. The minimum Gasteiger partial charge on any atom is -0.497 e. The third-order valence-electron chi connectivity index (χ3n) is 4.81. The van der Waals surface area contributed by atoms with Gasteiger partial charge >= 0.3 is 0 Å². The maximum atomic E-state index is 9.63. The van der Waals surface area contributed by atoms with Crippen molar-refractivity contribution in [3.63, 3.8) is 0 Å². The lowest BCUT2D eigenvalue weighted by atomic mass is 9.88. The lowest BCUT2D eigenvalue weighted by Crippen LogP contribution is -2.23. The number of hydrogen-bond acceptors (Lipinski definition) is 3. The molecule has 3 heteroatoms. The Kier molecular flexibility index (Phi) is 6.22. The summed E-state index contributed by atoms with van der Waals surface area (Å²) in [6.07, 6.45) is 8.09. The molecule has 1 aromatic rings. The van der Waals surface area contributed by atoms with Crippen LogP contribution < -0.4 is 4.74 Å². The molecular formula is C19H26O3. The lowest BCUT2D eigenvalue weighted by Gasteiger charge is -2.20. The molecule has 0 amide bonds. The zero-order valence-electron chi connectivity index (χ0n) is 13.2. The third kappa shape index (κ3) is 3.79. The highest BCUT2D eigenvalue weighted by atomic mass is 16.5. The Bertz CT molecular complexity index is 492. The van der Waals surface area contributed by atoms with Crippen LogP contribution in [0.1, 0.15) is 12.0 Å². The van der Waals surface area contributed by atoms with Gasteiger partial charge in [-0.05, 0) is 54.2 Å². The largest absolute Gasteiger partial charge is 0.497 e. The van der Waals surface area contributed by atoms with E-state index in [0.717, 1.165) is 18.6 Å². The van der Waals surface area contributed by atoms with E-state index in [1.165, 1.54) is 5.56 Å². The van der Waals surface area contributed by atoms with Crippen molar-refractivity contribution in [2.24, 2.45) is 23.7 Å². The Morgan fingerprint density at radius 2 is 1.77 bits per heavy atom. The Hall–Kier alpha value is -1.58. The van der Waals surface area contributed by atoms with Crippen LogP contribution in [-0.2, 0) is 6.42 Å². The first-order chi connectivity index (χ1) is 10.7. The van der Waals surface area contributed by atoms with Crippen LogP contribution >= 0.6 is 0 Å². The van der Waals surface area contributed by atoms with Gasteiger partial charge in [0.05, 0.1) is 7.11 Å². The molecule has 4 atom stereocenters. The molecule has 0 saturated heterocycles. The molecule has 120 valence electrons. The van der Waals surface area contributed by atoms with Crippen molar-refractivity contribution in [3.8, 4) is 5.75 Å². The van der Waals surface area contributed by atoms with Crippen LogP contribution in [0.15, 0.2) is 49.1 Å². The molecular weight excluding hydrogens is 276 g/mol. The molecule has 0 radical (unpaired) electrons. The van der Waals surface area contributed by atoms with Gasteiger partial charge in [-0.25, -0.2) is 0 Å². The fraction of sp³-hybridized carbons (Fsp3) is 0.474. The predicted molar refractivity (Wildman–Crippen MR) is 88.8 cm³/mol. The topological polar surface area (TPSA) is 49.7 Å². The van der Waals surface area contributed by atoms with Gasteiger partial charge in [-0.1, -0.05) is 30.4 Å². The number of methoxy groups -OCH3 is 1. The molecule has 1 aliphatic rings. The SMILES string of the molecule is C=C[C@@H]1C[C@H](C=CCc2ccc(OC)cc2)[C@@H](CO)[C@H]1CO. The van der Waals surface area contributed by atoms with Gasteiger partial charge in [0.15, 0.2) is 0 Å². The Morgan fingerprint density at radius 3 is 2.32 bits per heavy atom. The highest BCUT2D eigenvalue weighted by Crippen LogP contribution is 2.42. The average Bonchev–Trinajstić information content (AvgIpc) is 2.92. The van der Waals surface area contributed by atoms with Gasteiger partial charge in [-0.15, -0.1) is 6.58 Å². The molecule has 0 heterocycles. The normalized spacial score (nSPS) is 28.1. The predicted octanol–water partition coefficient (Wildman–Crippen LogP) is 2.83. The van der Waals surface area contributed by atoms with Crippen LogP contribution in [0.5, 0.6) is 5.75 Å². The van der Waals surface area contributed by atoms with Crippen LogP contribution in [-0.4, -0.2) is 30.5 Å². The van der Waals surface area contributed by atoms with E-state index in [1.54, 1.807) is 7.11 Å². The molecule has 0 aliphatic heterocycles. The summed E-state index contributed by atoms with van der Waals surface area (Å²) in [6, 6.07) is 8.05. The van der Waals surface area contributed by atoms with E-state index in [1.807, 2.05) is 18.2 Å². The summed E-state index contributed by atoms with van der Waals surface area (Å²) >= 11 is 0. The molecule has 1 aromatic carbocycles. The molecule has 1 fully saturated rings. The molecule has 0 bridgehead atoms. The first-order valence-electron chi connectivity index (χ1n) is 7.87. The lowest BCUT2D eigenvalue weighted by molar-refractivity contribution is 0.117. The summed E-state index contributed by atoms with van der Waals surface area (Å²) in [4.78, 5) is 0. The maximum Gasteiger partial charge on any atom is 0.118 e. The molecule has 1 saturated carbocycles. The van der Waals surface area contributed by atoms with Gasteiger partial charge in [0.1, 0.15) is 5.75 Å². The molecule has 2 N–H and O–H groups in total. The van der Waals surface area contributed by atoms with E-state index in [0.29, 0.717) is 5.92 Å². The van der Waals surface area contributed by atoms with E-state index in [9.17, 15) is 10.2 Å². The van der Waals surface area contributed by atoms with Crippen molar-refractivity contribution >= 4 is 0 Å². The van der Waals surface area contributed by atoms with Crippen LogP contribution in [0.3, 0.4) is 0 Å². The van der Waals surface area contributed by atoms with E-state index >= 15 is 0 Å². The number of aliphatic hydroxyl groups excluding tert-OH is 2. The third-order valence-corrected chi connectivity index (χ3v) is 4.81. The molecule has 3 nitrogen and oxygen atoms in total. The summed E-state index contributed by atoms with van der Waals surface area (Å²) in [7, 11) is 1.66. The van der Waals surface area contributed by atoms with Gasteiger partial charge in [0.25, 0.3) is 0 Å². The minimum absolute atomic E-state index is 0.116.